The molecule has 0 unspecified atom stereocenters. The molecule has 1 aromatic rings. The van der Waals surface area contributed by atoms with Crippen LogP contribution in [0.1, 0.15) is 26.3 Å². The van der Waals surface area contributed by atoms with E-state index in [1.807, 2.05) is 26.8 Å². The molecular weight excluding hydrogens is 284 g/mol. The minimum Gasteiger partial charge on any atom is -0.207 e. The Morgan fingerprint density at radius 1 is 1.37 bits per heavy atom. The Hall–Kier alpha value is -1.09. The third kappa shape index (κ3) is 3.93. The smallest absolute Gasteiger partial charge is 0.207 e. The second-order valence-electron chi connectivity index (χ2n) is 5.58. The lowest BCUT2D eigenvalue weighted by molar-refractivity contribution is 0.311. The van der Waals surface area contributed by atoms with E-state index >= 15 is 0 Å². The summed E-state index contributed by atoms with van der Waals surface area (Å²) in [5, 5.41) is 8.93. The summed E-state index contributed by atoms with van der Waals surface area (Å²) in [4.78, 5) is 0.100. The van der Waals surface area contributed by atoms with Crippen molar-refractivity contribution in [1.82, 2.24) is 4.31 Å². The summed E-state index contributed by atoms with van der Waals surface area (Å²) in [6, 6.07) is 6.03. The predicted molar refractivity (Wildman–Crippen MR) is 75.4 cm³/mol. The van der Waals surface area contributed by atoms with E-state index < -0.39 is 10.0 Å². The average molecular weight is 301 g/mol. The minimum absolute atomic E-state index is 0.100. The minimum atomic E-state index is -3.58. The van der Waals surface area contributed by atoms with E-state index in [1.165, 1.54) is 29.6 Å². The first-order valence-electron chi connectivity index (χ1n) is 5.74. The number of nitrogens with zero attached hydrogens (tertiary/aromatic N) is 2. The van der Waals surface area contributed by atoms with Crippen LogP contribution in [-0.2, 0) is 10.0 Å². The van der Waals surface area contributed by atoms with Crippen LogP contribution in [0.15, 0.2) is 23.1 Å². The lowest BCUT2D eigenvalue weighted by atomic mass is 9.97. The summed E-state index contributed by atoms with van der Waals surface area (Å²) < 4.78 is 26.0. The third-order valence-corrected chi connectivity index (χ3v) is 4.58. The maximum absolute atomic E-state index is 12.3. The van der Waals surface area contributed by atoms with Gasteiger partial charge in [-0.2, -0.15) is 5.26 Å². The largest absolute Gasteiger partial charge is 0.242 e. The summed E-state index contributed by atoms with van der Waals surface area (Å²) in [7, 11) is -2.05. The van der Waals surface area contributed by atoms with Crippen LogP contribution in [0.2, 0.25) is 5.02 Å². The molecule has 0 aliphatic heterocycles. The first-order valence-corrected chi connectivity index (χ1v) is 7.56. The van der Waals surface area contributed by atoms with Gasteiger partial charge in [-0.25, -0.2) is 12.7 Å². The van der Waals surface area contributed by atoms with Crippen LogP contribution < -0.4 is 0 Å². The Bertz CT molecular complexity index is 613. The van der Waals surface area contributed by atoms with Crippen molar-refractivity contribution in [1.29, 1.82) is 5.26 Å². The van der Waals surface area contributed by atoms with Crippen molar-refractivity contribution >= 4 is 21.6 Å². The molecule has 0 fully saturated rings. The van der Waals surface area contributed by atoms with Gasteiger partial charge in [0.15, 0.2) is 0 Å². The first kappa shape index (κ1) is 16.0. The van der Waals surface area contributed by atoms with Gasteiger partial charge in [-0.3, -0.25) is 0 Å². The zero-order chi connectivity index (χ0) is 14.8. The van der Waals surface area contributed by atoms with Gasteiger partial charge in [-0.15, -0.1) is 0 Å². The van der Waals surface area contributed by atoms with Gasteiger partial charge >= 0.3 is 0 Å². The average Bonchev–Trinajstić information content (AvgIpc) is 2.26. The van der Waals surface area contributed by atoms with E-state index in [4.69, 9.17) is 16.9 Å². The number of rotatable bonds is 3. The highest BCUT2D eigenvalue weighted by atomic mass is 35.5. The molecule has 1 aromatic carbocycles. The molecule has 0 aromatic heterocycles. The predicted octanol–water partition coefficient (Wildman–Crippen LogP) is 2.88. The maximum Gasteiger partial charge on any atom is 0.242 e. The zero-order valence-corrected chi connectivity index (χ0v) is 13.0. The lowest BCUT2D eigenvalue weighted by Gasteiger charge is -2.26. The fourth-order valence-electron chi connectivity index (χ4n) is 1.68. The van der Waals surface area contributed by atoms with Gasteiger partial charge in [-0.05, 0) is 23.6 Å². The Balaban J connectivity index is 3.15. The van der Waals surface area contributed by atoms with Crippen molar-refractivity contribution in [3.05, 3.63) is 28.8 Å². The fraction of sp³-hybridized carbons (Fsp3) is 0.462. The fourth-order valence-corrected chi connectivity index (χ4v) is 3.39. The van der Waals surface area contributed by atoms with Gasteiger partial charge in [-0.1, -0.05) is 32.4 Å². The van der Waals surface area contributed by atoms with Gasteiger partial charge < -0.3 is 0 Å². The van der Waals surface area contributed by atoms with Crippen LogP contribution in [0.25, 0.3) is 0 Å². The van der Waals surface area contributed by atoms with Gasteiger partial charge in [0.25, 0.3) is 0 Å². The molecular formula is C13H17ClN2O2S. The molecule has 0 N–H and O–H groups in total. The summed E-state index contributed by atoms with van der Waals surface area (Å²) >= 11 is 5.87. The monoisotopic (exact) mass is 300 g/mol. The maximum atomic E-state index is 12.3. The molecule has 4 nitrogen and oxygen atoms in total. The first-order chi connectivity index (χ1) is 8.58. The molecule has 0 saturated carbocycles. The highest BCUT2D eigenvalue weighted by molar-refractivity contribution is 7.89. The molecule has 0 heterocycles. The number of hydrogen-bond acceptors (Lipinski definition) is 3. The van der Waals surface area contributed by atoms with Crippen molar-refractivity contribution in [2.45, 2.75) is 25.7 Å². The molecule has 0 bridgehead atoms. The lowest BCUT2D eigenvalue weighted by Crippen LogP contribution is -2.34. The molecule has 0 spiro atoms. The molecule has 0 radical (unpaired) electrons. The molecule has 1 rings (SSSR count). The molecule has 19 heavy (non-hydrogen) atoms. The Labute approximate surface area is 119 Å². The Kier molecular flexibility index (Phi) is 4.62. The van der Waals surface area contributed by atoms with E-state index in [9.17, 15) is 8.42 Å². The number of benzene rings is 1. The summed E-state index contributed by atoms with van der Waals surface area (Å²) in [5.74, 6) is 0. The zero-order valence-electron chi connectivity index (χ0n) is 11.4. The highest BCUT2D eigenvalue weighted by Gasteiger charge is 2.25. The van der Waals surface area contributed by atoms with E-state index in [0.29, 0.717) is 6.54 Å². The van der Waals surface area contributed by atoms with Crippen molar-refractivity contribution < 1.29 is 8.42 Å². The quantitative estimate of drug-likeness (QED) is 0.862. The number of sulfonamides is 1. The summed E-state index contributed by atoms with van der Waals surface area (Å²) in [5.41, 5.74) is 0.122. The van der Waals surface area contributed by atoms with Gasteiger partial charge in [0.1, 0.15) is 6.07 Å². The van der Waals surface area contributed by atoms with E-state index in [-0.39, 0.29) is 20.9 Å². The Morgan fingerprint density at radius 3 is 2.37 bits per heavy atom. The molecule has 0 atom stereocenters. The molecule has 0 aliphatic carbocycles. The van der Waals surface area contributed by atoms with Crippen molar-refractivity contribution in [2.24, 2.45) is 5.41 Å². The van der Waals surface area contributed by atoms with Crippen LogP contribution in [0.4, 0.5) is 0 Å². The van der Waals surface area contributed by atoms with Crippen molar-refractivity contribution in [3.8, 4) is 6.07 Å². The molecule has 0 saturated heterocycles. The van der Waals surface area contributed by atoms with Gasteiger partial charge in [0.05, 0.1) is 15.5 Å². The molecule has 6 heteroatoms. The standard InChI is InChI=1S/C13H17ClN2O2S/c1-13(2,3)9-16(4)19(17,18)11-6-5-10(8-15)12(14)7-11/h5-7H,9H2,1-4H3. The second-order valence-corrected chi connectivity index (χ2v) is 8.03. The number of nitriles is 1. The number of halogens is 1. The second kappa shape index (κ2) is 5.49. The van der Waals surface area contributed by atoms with Crippen molar-refractivity contribution in [2.75, 3.05) is 13.6 Å². The van der Waals surface area contributed by atoms with Crippen LogP contribution in [0, 0.1) is 16.7 Å². The summed E-state index contributed by atoms with van der Waals surface area (Å²) in [6.45, 7) is 6.29. The SMILES string of the molecule is CN(CC(C)(C)C)S(=O)(=O)c1ccc(C#N)c(Cl)c1. The molecule has 104 valence electrons. The van der Waals surface area contributed by atoms with E-state index in [1.54, 1.807) is 0 Å². The third-order valence-electron chi connectivity index (χ3n) is 2.47. The molecule has 0 amide bonds. The van der Waals surface area contributed by atoms with Crippen LogP contribution in [-0.4, -0.2) is 26.3 Å². The van der Waals surface area contributed by atoms with Crippen LogP contribution in [0.5, 0.6) is 0 Å². The van der Waals surface area contributed by atoms with Crippen molar-refractivity contribution in [3.63, 3.8) is 0 Å². The van der Waals surface area contributed by atoms with E-state index in [2.05, 4.69) is 0 Å². The summed E-state index contributed by atoms with van der Waals surface area (Å²) in [6.07, 6.45) is 0. The van der Waals surface area contributed by atoms with Gasteiger partial charge in [0.2, 0.25) is 10.0 Å². The number of hydrogen-bond donors (Lipinski definition) is 0. The molecule has 0 aliphatic rings. The van der Waals surface area contributed by atoms with Crippen LogP contribution in [0.3, 0.4) is 0 Å². The van der Waals surface area contributed by atoms with Crippen LogP contribution >= 0.6 is 11.6 Å². The highest BCUT2D eigenvalue weighted by Crippen LogP contribution is 2.24. The topological polar surface area (TPSA) is 61.2 Å². The normalized spacial score (nSPS) is 12.5. The van der Waals surface area contributed by atoms with Gasteiger partial charge in [0, 0.05) is 13.6 Å². The van der Waals surface area contributed by atoms with E-state index in [0.717, 1.165) is 0 Å². The Morgan fingerprint density at radius 2 is 1.95 bits per heavy atom.